The smallest absolute Gasteiger partial charge is 0.332 e. The molecule has 25 heavy (non-hydrogen) atoms. The van der Waals surface area contributed by atoms with Crippen LogP contribution in [0.4, 0.5) is 4.79 Å². The van der Waals surface area contributed by atoms with Crippen molar-refractivity contribution in [2.75, 3.05) is 7.11 Å². The van der Waals surface area contributed by atoms with Crippen LogP contribution in [0.3, 0.4) is 0 Å². The van der Waals surface area contributed by atoms with Crippen molar-refractivity contribution >= 4 is 47.0 Å². The molecule has 2 aromatic rings. The number of nitrogens with two attached hydrogens (primary N) is 1. The minimum absolute atomic E-state index is 0.172. The van der Waals surface area contributed by atoms with Gasteiger partial charge in [0.15, 0.2) is 0 Å². The van der Waals surface area contributed by atoms with Crippen molar-refractivity contribution in [3.05, 3.63) is 56.5 Å². The molecule has 0 aliphatic rings. The molecule has 6 nitrogen and oxygen atoms in total. The number of hydrogen-bond donors (Lipinski definition) is 2. The van der Waals surface area contributed by atoms with Crippen LogP contribution in [0.25, 0.3) is 0 Å². The van der Waals surface area contributed by atoms with Gasteiger partial charge in [0.25, 0.3) is 0 Å². The third-order valence-electron chi connectivity index (χ3n) is 3.05. The summed E-state index contributed by atoms with van der Waals surface area (Å²) in [4.78, 5) is 10.6. The first-order valence-corrected chi connectivity index (χ1v) is 8.07. The Morgan fingerprint density at radius 3 is 2.56 bits per heavy atom. The monoisotopic (exact) mass is 401 g/mol. The lowest BCUT2D eigenvalue weighted by atomic mass is 10.1. The molecule has 0 fully saturated rings. The number of carbonyl (C=O) groups is 1. The lowest BCUT2D eigenvalue weighted by Gasteiger charge is -2.12. The van der Waals surface area contributed by atoms with Crippen LogP contribution in [-0.4, -0.2) is 19.4 Å². The average molecular weight is 403 g/mol. The number of nitrogens with one attached hydrogen (secondary N) is 1. The van der Waals surface area contributed by atoms with Crippen molar-refractivity contribution in [3.8, 4) is 11.5 Å². The number of carbonyl (C=O) groups excluding carboxylic acids is 1. The SMILES string of the molecule is COc1ccc(C=NNC(N)=O)cc1COc1cc(Cl)c(Cl)cc1Cl. The normalized spacial score (nSPS) is 10.7. The molecular formula is C16H14Cl3N3O3. The molecule has 2 rings (SSSR count). The van der Waals surface area contributed by atoms with Crippen molar-refractivity contribution < 1.29 is 14.3 Å². The fraction of sp³-hybridized carbons (Fsp3) is 0.125. The lowest BCUT2D eigenvalue weighted by Crippen LogP contribution is -2.24. The second kappa shape index (κ2) is 8.80. The van der Waals surface area contributed by atoms with Gasteiger partial charge in [0, 0.05) is 11.6 Å². The molecule has 9 heteroatoms. The quantitative estimate of drug-likeness (QED) is 0.430. The first-order chi connectivity index (χ1) is 11.9. The molecule has 0 radical (unpaired) electrons. The van der Waals surface area contributed by atoms with E-state index < -0.39 is 6.03 Å². The molecule has 0 aliphatic carbocycles. The van der Waals surface area contributed by atoms with Crippen LogP contribution in [0.5, 0.6) is 11.5 Å². The average Bonchev–Trinajstić information content (AvgIpc) is 2.56. The zero-order valence-corrected chi connectivity index (χ0v) is 15.3. The van der Waals surface area contributed by atoms with Gasteiger partial charge in [-0.25, -0.2) is 10.2 Å². The van der Waals surface area contributed by atoms with Crippen molar-refractivity contribution in [2.45, 2.75) is 6.61 Å². The number of amides is 2. The highest BCUT2D eigenvalue weighted by atomic mass is 35.5. The zero-order valence-electron chi connectivity index (χ0n) is 13.1. The number of hydrogen-bond acceptors (Lipinski definition) is 4. The van der Waals surface area contributed by atoms with E-state index in [0.717, 1.165) is 5.56 Å². The second-order valence-corrected chi connectivity index (χ2v) is 6.01. The molecule has 2 amide bonds. The third-order valence-corrected chi connectivity index (χ3v) is 4.07. The summed E-state index contributed by atoms with van der Waals surface area (Å²) < 4.78 is 11.0. The standard InChI is InChI=1S/C16H14Cl3N3O3/c1-24-14-3-2-9(7-21-22-16(20)23)4-10(14)8-25-15-6-12(18)11(17)5-13(15)19/h2-7H,8H2,1H3,(H3,20,22,23). The van der Waals surface area contributed by atoms with E-state index in [4.69, 9.17) is 50.0 Å². The number of hydrazone groups is 1. The first-order valence-electron chi connectivity index (χ1n) is 6.93. The van der Waals surface area contributed by atoms with Crippen molar-refractivity contribution in [1.29, 1.82) is 0 Å². The minimum Gasteiger partial charge on any atom is -0.496 e. The van der Waals surface area contributed by atoms with E-state index in [9.17, 15) is 4.79 Å². The number of benzene rings is 2. The Hall–Kier alpha value is -2.15. The van der Waals surface area contributed by atoms with Gasteiger partial charge < -0.3 is 15.2 Å². The summed E-state index contributed by atoms with van der Waals surface area (Å²) in [6.45, 7) is 0.172. The number of urea groups is 1. The minimum atomic E-state index is -0.748. The molecule has 132 valence electrons. The van der Waals surface area contributed by atoms with E-state index in [1.54, 1.807) is 31.4 Å². The molecule has 2 aromatic carbocycles. The summed E-state index contributed by atoms with van der Waals surface area (Å²) in [7, 11) is 1.55. The Morgan fingerprint density at radius 2 is 1.88 bits per heavy atom. The summed E-state index contributed by atoms with van der Waals surface area (Å²) in [5.74, 6) is 1.02. The Morgan fingerprint density at radius 1 is 1.16 bits per heavy atom. The Balaban J connectivity index is 2.18. The van der Waals surface area contributed by atoms with E-state index in [0.29, 0.717) is 32.1 Å². The molecule has 0 spiro atoms. The summed E-state index contributed by atoms with van der Waals surface area (Å²) >= 11 is 18.0. The topological polar surface area (TPSA) is 85.9 Å². The predicted molar refractivity (Wildman–Crippen MR) is 99.1 cm³/mol. The highest BCUT2D eigenvalue weighted by molar-refractivity contribution is 6.43. The number of ether oxygens (including phenoxy) is 2. The van der Waals surface area contributed by atoms with Gasteiger partial charge >= 0.3 is 6.03 Å². The first kappa shape index (κ1) is 19.2. The second-order valence-electron chi connectivity index (χ2n) is 4.79. The summed E-state index contributed by atoms with van der Waals surface area (Å²) in [5, 5.41) is 4.73. The van der Waals surface area contributed by atoms with E-state index in [1.165, 1.54) is 12.3 Å². The van der Waals surface area contributed by atoms with Gasteiger partial charge in [-0.05, 0) is 29.8 Å². The predicted octanol–water partition coefficient (Wildman–Crippen LogP) is 4.24. The van der Waals surface area contributed by atoms with Gasteiger partial charge in [-0.3, -0.25) is 0 Å². The molecule has 0 heterocycles. The van der Waals surface area contributed by atoms with Gasteiger partial charge in [-0.1, -0.05) is 34.8 Å². The van der Waals surface area contributed by atoms with Gasteiger partial charge in [0.1, 0.15) is 18.1 Å². The maximum atomic E-state index is 10.6. The number of primary amides is 1. The Bertz CT molecular complexity index is 813. The van der Waals surface area contributed by atoms with E-state index in [1.807, 2.05) is 0 Å². The number of rotatable bonds is 6. The number of nitrogens with zero attached hydrogens (tertiary/aromatic N) is 1. The molecule has 0 atom stereocenters. The van der Waals surface area contributed by atoms with Crippen LogP contribution >= 0.6 is 34.8 Å². The fourth-order valence-corrected chi connectivity index (χ4v) is 2.52. The molecule has 0 aromatic heterocycles. The maximum absolute atomic E-state index is 10.6. The van der Waals surface area contributed by atoms with E-state index in [-0.39, 0.29) is 6.61 Å². The van der Waals surface area contributed by atoms with Gasteiger partial charge in [0.05, 0.1) is 28.4 Å². The van der Waals surface area contributed by atoms with Crippen LogP contribution in [0.15, 0.2) is 35.4 Å². The van der Waals surface area contributed by atoms with Gasteiger partial charge in [-0.15, -0.1) is 0 Å². The lowest BCUT2D eigenvalue weighted by molar-refractivity contribution is 0.249. The molecule has 0 unspecified atom stereocenters. The molecule has 0 saturated carbocycles. The molecule has 0 aliphatic heterocycles. The van der Waals surface area contributed by atoms with Crippen LogP contribution in [0, 0.1) is 0 Å². The van der Waals surface area contributed by atoms with E-state index in [2.05, 4.69) is 10.5 Å². The Labute approximate surface area is 159 Å². The molecular weight excluding hydrogens is 389 g/mol. The maximum Gasteiger partial charge on any atom is 0.332 e. The number of methoxy groups -OCH3 is 1. The third kappa shape index (κ3) is 5.42. The van der Waals surface area contributed by atoms with E-state index >= 15 is 0 Å². The van der Waals surface area contributed by atoms with Crippen molar-refractivity contribution in [2.24, 2.45) is 10.8 Å². The summed E-state index contributed by atoms with van der Waals surface area (Å²) in [6, 6.07) is 7.61. The largest absolute Gasteiger partial charge is 0.496 e. The summed E-state index contributed by atoms with van der Waals surface area (Å²) in [5.41, 5.74) is 8.52. The Kier molecular flexibility index (Phi) is 6.75. The summed E-state index contributed by atoms with van der Waals surface area (Å²) in [6.07, 6.45) is 1.44. The van der Waals surface area contributed by atoms with Crippen molar-refractivity contribution in [1.82, 2.24) is 5.43 Å². The zero-order chi connectivity index (χ0) is 18.4. The van der Waals surface area contributed by atoms with Gasteiger partial charge in [-0.2, -0.15) is 5.10 Å². The number of halogens is 3. The molecule has 0 saturated heterocycles. The van der Waals surface area contributed by atoms with Crippen LogP contribution in [-0.2, 0) is 6.61 Å². The van der Waals surface area contributed by atoms with Crippen LogP contribution in [0.1, 0.15) is 11.1 Å². The molecule has 0 bridgehead atoms. The fourth-order valence-electron chi connectivity index (χ4n) is 1.93. The van der Waals surface area contributed by atoms with Crippen LogP contribution in [0.2, 0.25) is 15.1 Å². The van der Waals surface area contributed by atoms with Gasteiger partial charge in [0.2, 0.25) is 0 Å². The highest BCUT2D eigenvalue weighted by Crippen LogP contribution is 2.34. The van der Waals surface area contributed by atoms with Crippen LogP contribution < -0.4 is 20.6 Å². The highest BCUT2D eigenvalue weighted by Gasteiger charge is 2.10. The van der Waals surface area contributed by atoms with Crippen molar-refractivity contribution in [3.63, 3.8) is 0 Å². The molecule has 3 N–H and O–H groups in total.